The maximum Gasteiger partial charge on any atom is 0.0192 e. The Balaban J connectivity index is 1.36. The van der Waals surface area contributed by atoms with Crippen LogP contribution in [0, 0.1) is 23.7 Å². The molecule has 116 valence electrons. The van der Waals surface area contributed by atoms with Crippen molar-refractivity contribution in [1.29, 1.82) is 0 Å². The minimum absolute atomic E-state index is 0.529. The number of allylic oxidation sites excluding steroid dienone is 2. The topological polar surface area (TPSA) is 12.0 Å². The van der Waals surface area contributed by atoms with Crippen LogP contribution in [0.5, 0.6) is 0 Å². The van der Waals surface area contributed by atoms with Crippen molar-refractivity contribution < 1.29 is 0 Å². The molecule has 4 fully saturated rings. The van der Waals surface area contributed by atoms with Crippen molar-refractivity contribution in [2.45, 2.75) is 70.3 Å². The van der Waals surface area contributed by atoms with Gasteiger partial charge in [0.05, 0.1) is 0 Å². The molecule has 0 heterocycles. The summed E-state index contributed by atoms with van der Waals surface area (Å²) >= 11 is 0. The lowest BCUT2D eigenvalue weighted by Crippen LogP contribution is -2.58. The zero-order valence-corrected chi connectivity index (χ0v) is 13.7. The highest BCUT2D eigenvalue weighted by molar-refractivity contribution is 5.15. The summed E-state index contributed by atoms with van der Waals surface area (Å²) in [5.74, 6) is 3.90. The van der Waals surface area contributed by atoms with Gasteiger partial charge in [-0.2, -0.15) is 0 Å². The Kier molecular flexibility index (Phi) is 3.52. The zero-order valence-electron chi connectivity index (χ0n) is 13.7. The van der Waals surface area contributed by atoms with E-state index in [2.05, 4.69) is 24.9 Å². The number of rotatable bonds is 4. The third-order valence-electron chi connectivity index (χ3n) is 6.93. The lowest BCUT2D eigenvalue weighted by atomic mass is 9.53. The zero-order chi connectivity index (χ0) is 14.4. The summed E-state index contributed by atoms with van der Waals surface area (Å²) in [6.07, 6.45) is 15.4. The Morgan fingerprint density at radius 1 is 1.19 bits per heavy atom. The average Bonchev–Trinajstić information content (AvgIpc) is 2.44. The van der Waals surface area contributed by atoms with Crippen LogP contribution in [0.2, 0.25) is 0 Å². The van der Waals surface area contributed by atoms with Gasteiger partial charge in [0.15, 0.2) is 0 Å². The molecule has 0 aliphatic heterocycles. The van der Waals surface area contributed by atoms with Gasteiger partial charge >= 0.3 is 0 Å². The molecule has 0 spiro atoms. The molecule has 0 aromatic heterocycles. The molecular formula is C20H31N. The van der Waals surface area contributed by atoms with Crippen molar-refractivity contribution >= 4 is 0 Å². The first-order valence-corrected chi connectivity index (χ1v) is 9.20. The third kappa shape index (κ3) is 2.74. The molecule has 0 unspecified atom stereocenters. The number of nitrogens with one attached hydrogen (secondary N) is 1. The van der Waals surface area contributed by atoms with E-state index >= 15 is 0 Å². The van der Waals surface area contributed by atoms with Crippen LogP contribution < -0.4 is 5.32 Å². The molecule has 5 aliphatic carbocycles. The van der Waals surface area contributed by atoms with E-state index in [1.165, 1.54) is 44.1 Å². The molecule has 1 atom stereocenters. The summed E-state index contributed by atoms with van der Waals surface area (Å²) < 4.78 is 0. The highest BCUT2D eigenvalue weighted by Crippen LogP contribution is 2.55. The van der Waals surface area contributed by atoms with Crippen LogP contribution in [0.1, 0.15) is 64.7 Å². The van der Waals surface area contributed by atoms with Crippen LogP contribution in [0.3, 0.4) is 0 Å². The first-order valence-electron chi connectivity index (χ1n) is 9.20. The predicted octanol–water partition coefficient (Wildman–Crippen LogP) is 4.85. The summed E-state index contributed by atoms with van der Waals surface area (Å²) in [5, 5.41) is 4.05. The van der Waals surface area contributed by atoms with Crippen LogP contribution >= 0.6 is 0 Å². The summed E-state index contributed by atoms with van der Waals surface area (Å²) in [7, 11) is 0. The SMILES string of the molecule is C=C(C)[C@@H]1CC=C(CNC23CC4CC(CC(C4)C2)C3)CC1. The average molecular weight is 285 g/mol. The first-order chi connectivity index (χ1) is 10.1. The van der Waals surface area contributed by atoms with Gasteiger partial charge in [-0.15, -0.1) is 0 Å². The monoisotopic (exact) mass is 285 g/mol. The third-order valence-corrected chi connectivity index (χ3v) is 6.93. The van der Waals surface area contributed by atoms with Gasteiger partial charge in [-0.05, 0) is 88.4 Å². The van der Waals surface area contributed by atoms with E-state index in [4.69, 9.17) is 0 Å². The van der Waals surface area contributed by atoms with Gasteiger partial charge < -0.3 is 5.32 Å². The summed E-state index contributed by atoms with van der Waals surface area (Å²) in [5.41, 5.74) is 3.57. The lowest BCUT2D eigenvalue weighted by Gasteiger charge is -2.57. The standard InChI is InChI=1S/C20H31N/c1-14(2)19-5-3-15(4-6-19)13-21-20-10-16-7-17(11-20)9-18(8-16)12-20/h3,16-19,21H,1,4-13H2,2H3/t16?,17?,18?,19-,20?/m1/s1. The normalized spacial score (nSPS) is 44.7. The van der Waals surface area contributed by atoms with E-state index in [0.717, 1.165) is 30.2 Å². The van der Waals surface area contributed by atoms with E-state index in [0.29, 0.717) is 5.54 Å². The first kappa shape index (κ1) is 14.1. The summed E-state index contributed by atoms with van der Waals surface area (Å²) in [4.78, 5) is 0. The van der Waals surface area contributed by atoms with E-state index < -0.39 is 0 Å². The maximum absolute atomic E-state index is 4.13. The van der Waals surface area contributed by atoms with Crippen molar-refractivity contribution in [2.24, 2.45) is 23.7 Å². The molecule has 21 heavy (non-hydrogen) atoms. The fraction of sp³-hybridized carbons (Fsp3) is 0.800. The molecule has 1 N–H and O–H groups in total. The van der Waals surface area contributed by atoms with Crippen molar-refractivity contribution in [1.82, 2.24) is 5.32 Å². The molecule has 0 saturated heterocycles. The Labute approximate surface area is 130 Å². The molecular weight excluding hydrogens is 254 g/mol. The largest absolute Gasteiger partial charge is 0.307 e. The Morgan fingerprint density at radius 2 is 1.81 bits per heavy atom. The lowest BCUT2D eigenvalue weighted by molar-refractivity contribution is -0.0183. The van der Waals surface area contributed by atoms with Crippen molar-refractivity contribution in [2.75, 3.05) is 6.54 Å². The highest BCUT2D eigenvalue weighted by Gasteiger charge is 2.50. The summed E-state index contributed by atoms with van der Waals surface area (Å²) in [6, 6.07) is 0. The molecule has 1 nitrogen and oxygen atoms in total. The molecule has 0 amide bonds. The Hall–Kier alpha value is -0.560. The van der Waals surface area contributed by atoms with Crippen LogP contribution in [0.25, 0.3) is 0 Å². The van der Waals surface area contributed by atoms with Gasteiger partial charge in [-0.25, -0.2) is 0 Å². The van der Waals surface area contributed by atoms with Crippen LogP contribution in [-0.2, 0) is 0 Å². The molecule has 0 aromatic rings. The molecule has 0 radical (unpaired) electrons. The van der Waals surface area contributed by atoms with Gasteiger partial charge in [0.1, 0.15) is 0 Å². The van der Waals surface area contributed by atoms with Gasteiger partial charge in [-0.1, -0.05) is 23.8 Å². The van der Waals surface area contributed by atoms with Gasteiger partial charge in [0, 0.05) is 12.1 Å². The minimum atomic E-state index is 0.529. The molecule has 4 bridgehead atoms. The van der Waals surface area contributed by atoms with E-state index in [9.17, 15) is 0 Å². The van der Waals surface area contributed by atoms with Gasteiger partial charge in [-0.3, -0.25) is 0 Å². The van der Waals surface area contributed by atoms with E-state index in [-0.39, 0.29) is 0 Å². The highest BCUT2D eigenvalue weighted by atomic mass is 15.0. The van der Waals surface area contributed by atoms with E-state index in [1.54, 1.807) is 24.8 Å². The molecule has 0 aromatic carbocycles. The second-order valence-corrected chi connectivity index (χ2v) is 8.73. The maximum atomic E-state index is 4.13. The molecule has 1 heteroatoms. The quantitative estimate of drug-likeness (QED) is 0.728. The second kappa shape index (κ2) is 5.26. The van der Waals surface area contributed by atoms with Gasteiger partial charge in [0.25, 0.3) is 0 Å². The fourth-order valence-electron chi connectivity index (χ4n) is 6.12. The minimum Gasteiger partial charge on any atom is -0.307 e. The Morgan fingerprint density at radius 3 is 2.29 bits per heavy atom. The Bertz CT molecular complexity index is 423. The molecule has 4 saturated carbocycles. The van der Waals surface area contributed by atoms with Crippen LogP contribution in [-0.4, -0.2) is 12.1 Å². The fourth-order valence-corrected chi connectivity index (χ4v) is 6.12. The molecule has 5 rings (SSSR count). The van der Waals surface area contributed by atoms with Crippen molar-refractivity contribution in [3.8, 4) is 0 Å². The summed E-state index contributed by atoms with van der Waals surface area (Å²) in [6.45, 7) is 7.49. The van der Waals surface area contributed by atoms with Crippen LogP contribution in [0.15, 0.2) is 23.8 Å². The van der Waals surface area contributed by atoms with E-state index in [1.807, 2.05) is 0 Å². The number of hydrogen-bond donors (Lipinski definition) is 1. The van der Waals surface area contributed by atoms with Crippen molar-refractivity contribution in [3.05, 3.63) is 23.8 Å². The van der Waals surface area contributed by atoms with Gasteiger partial charge in [0.2, 0.25) is 0 Å². The smallest absolute Gasteiger partial charge is 0.0192 e. The molecule has 5 aliphatic rings. The van der Waals surface area contributed by atoms with Crippen molar-refractivity contribution in [3.63, 3.8) is 0 Å². The second-order valence-electron chi connectivity index (χ2n) is 8.73. The van der Waals surface area contributed by atoms with Crippen LogP contribution in [0.4, 0.5) is 0 Å². The number of hydrogen-bond acceptors (Lipinski definition) is 1. The predicted molar refractivity (Wildman–Crippen MR) is 89.1 cm³/mol.